The van der Waals surface area contributed by atoms with Gasteiger partial charge in [-0.05, 0) is 37.1 Å². The van der Waals surface area contributed by atoms with Crippen LogP contribution in [0.1, 0.15) is 21.6 Å². The third-order valence-electron chi connectivity index (χ3n) is 2.88. The third-order valence-corrected chi connectivity index (χ3v) is 2.88. The van der Waals surface area contributed by atoms with Gasteiger partial charge in [-0.15, -0.1) is 0 Å². The standard InChI is InChI=1S/C14H15N3O3/c1-9-3-4-10(2)11(7-9)16-14(20)12-5-6-15-17(12)8-13(18)19/h3-7H,8H2,1-2H3,(H,16,20)(H,18,19). The van der Waals surface area contributed by atoms with Gasteiger partial charge in [0.05, 0.1) is 0 Å². The van der Waals surface area contributed by atoms with Gasteiger partial charge >= 0.3 is 5.97 Å². The fraction of sp³-hybridized carbons (Fsp3) is 0.214. The molecule has 0 atom stereocenters. The molecule has 1 heterocycles. The van der Waals surface area contributed by atoms with Gasteiger partial charge in [-0.2, -0.15) is 5.10 Å². The average molecular weight is 273 g/mol. The van der Waals surface area contributed by atoms with Crippen molar-refractivity contribution in [2.45, 2.75) is 20.4 Å². The summed E-state index contributed by atoms with van der Waals surface area (Å²) in [5.41, 5.74) is 2.89. The number of carbonyl (C=O) groups is 2. The first-order valence-corrected chi connectivity index (χ1v) is 6.09. The number of amides is 1. The molecule has 0 bridgehead atoms. The number of hydrogen-bond donors (Lipinski definition) is 2. The van der Waals surface area contributed by atoms with Crippen LogP contribution in [0.15, 0.2) is 30.5 Å². The highest BCUT2D eigenvalue weighted by molar-refractivity contribution is 6.03. The summed E-state index contributed by atoms with van der Waals surface area (Å²) in [6.07, 6.45) is 1.40. The van der Waals surface area contributed by atoms with Crippen LogP contribution in [0.5, 0.6) is 0 Å². The van der Waals surface area contributed by atoms with Gasteiger partial charge < -0.3 is 10.4 Å². The Morgan fingerprint density at radius 3 is 2.75 bits per heavy atom. The van der Waals surface area contributed by atoms with Crippen LogP contribution in [0.4, 0.5) is 5.69 Å². The molecule has 0 spiro atoms. The maximum absolute atomic E-state index is 12.2. The molecule has 0 aliphatic rings. The molecular weight excluding hydrogens is 258 g/mol. The summed E-state index contributed by atoms with van der Waals surface area (Å²) in [6.45, 7) is 3.48. The van der Waals surface area contributed by atoms with Gasteiger partial charge in [0.1, 0.15) is 12.2 Å². The SMILES string of the molecule is Cc1ccc(C)c(NC(=O)c2ccnn2CC(=O)O)c1. The molecule has 0 unspecified atom stereocenters. The average Bonchev–Trinajstić information content (AvgIpc) is 2.81. The summed E-state index contributed by atoms with van der Waals surface area (Å²) in [4.78, 5) is 22.9. The lowest BCUT2D eigenvalue weighted by Gasteiger charge is -2.10. The van der Waals surface area contributed by atoms with Crippen LogP contribution in [0.3, 0.4) is 0 Å². The monoisotopic (exact) mass is 273 g/mol. The lowest BCUT2D eigenvalue weighted by molar-refractivity contribution is -0.137. The minimum absolute atomic E-state index is 0.216. The number of benzene rings is 1. The number of hydrogen-bond acceptors (Lipinski definition) is 3. The molecule has 1 aromatic carbocycles. The van der Waals surface area contributed by atoms with Crippen molar-refractivity contribution in [2.75, 3.05) is 5.32 Å². The topological polar surface area (TPSA) is 84.2 Å². The first kappa shape index (κ1) is 13.8. The summed E-state index contributed by atoms with van der Waals surface area (Å²) in [5.74, 6) is -1.42. The molecule has 104 valence electrons. The Morgan fingerprint density at radius 1 is 1.30 bits per heavy atom. The van der Waals surface area contributed by atoms with Crippen molar-refractivity contribution in [2.24, 2.45) is 0 Å². The van der Waals surface area contributed by atoms with Crippen LogP contribution >= 0.6 is 0 Å². The van der Waals surface area contributed by atoms with Crippen LogP contribution in [0.2, 0.25) is 0 Å². The fourth-order valence-corrected chi connectivity index (χ4v) is 1.84. The fourth-order valence-electron chi connectivity index (χ4n) is 1.84. The molecule has 0 aliphatic carbocycles. The molecule has 0 saturated heterocycles. The molecule has 1 amide bonds. The Kier molecular flexibility index (Phi) is 3.84. The Hall–Kier alpha value is -2.63. The smallest absolute Gasteiger partial charge is 0.325 e. The largest absolute Gasteiger partial charge is 0.480 e. The normalized spacial score (nSPS) is 10.3. The van der Waals surface area contributed by atoms with Crippen molar-refractivity contribution in [1.29, 1.82) is 0 Å². The lowest BCUT2D eigenvalue weighted by Crippen LogP contribution is -2.21. The van der Waals surface area contributed by atoms with E-state index in [0.717, 1.165) is 15.8 Å². The minimum atomic E-state index is -1.05. The lowest BCUT2D eigenvalue weighted by atomic mass is 10.1. The van der Waals surface area contributed by atoms with Crippen molar-refractivity contribution in [3.63, 3.8) is 0 Å². The molecule has 0 aliphatic heterocycles. The second kappa shape index (κ2) is 5.56. The molecular formula is C14H15N3O3. The maximum atomic E-state index is 12.2. The number of rotatable bonds is 4. The molecule has 0 saturated carbocycles. The molecule has 20 heavy (non-hydrogen) atoms. The number of nitrogens with one attached hydrogen (secondary N) is 1. The number of carboxylic acid groups (broad SMARTS) is 1. The number of aliphatic carboxylic acids is 1. The van der Waals surface area contributed by atoms with Gasteiger partial charge in [0.15, 0.2) is 0 Å². The Morgan fingerprint density at radius 2 is 2.05 bits per heavy atom. The zero-order valence-electron chi connectivity index (χ0n) is 11.3. The van der Waals surface area contributed by atoms with Gasteiger partial charge in [0.2, 0.25) is 0 Å². The van der Waals surface area contributed by atoms with Crippen molar-refractivity contribution >= 4 is 17.6 Å². The van der Waals surface area contributed by atoms with Crippen LogP contribution in [-0.2, 0) is 11.3 Å². The molecule has 0 radical (unpaired) electrons. The maximum Gasteiger partial charge on any atom is 0.325 e. The summed E-state index contributed by atoms with van der Waals surface area (Å²) in [6, 6.07) is 7.23. The van der Waals surface area contributed by atoms with E-state index >= 15 is 0 Å². The van der Waals surface area contributed by atoms with E-state index < -0.39 is 5.97 Å². The molecule has 2 aromatic rings. The summed E-state index contributed by atoms with van der Waals surface area (Å²) in [5, 5.41) is 15.4. The van der Waals surface area contributed by atoms with E-state index in [1.54, 1.807) is 0 Å². The van der Waals surface area contributed by atoms with Gasteiger partial charge in [0, 0.05) is 11.9 Å². The highest BCUT2D eigenvalue weighted by Crippen LogP contribution is 2.17. The van der Waals surface area contributed by atoms with E-state index in [9.17, 15) is 9.59 Å². The number of aryl methyl sites for hydroxylation is 2. The Labute approximate surface area is 116 Å². The zero-order chi connectivity index (χ0) is 14.7. The second-order valence-corrected chi connectivity index (χ2v) is 4.54. The van der Waals surface area contributed by atoms with Gasteiger partial charge in [-0.1, -0.05) is 12.1 Å². The van der Waals surface area contributed by atoms with Crippen molar-refractivity contribution < 1.29 is 14.7 Å². The summed E-state index contributed by atoms with van der Waals surface area (Å²) < 4.78 is 1.16. The predicted octanol–water partition coefficient (Wildman–Crippen LogP) is 1.84. The van der Waals surface area contributed by atoms with Crippen molar-refractivity contribution in [3.8, 4) is 0 Å². The van der Waals surface area contributed by atoms with Crippen LogP contribution in [-0.4, -0.2) is 26.8 Å². The highest BCUT2D eigenvalue weighted by atomic mass is 16.4. The van der Waals surface area contributed by atoms with Gasteiger partial charge in [0.25, 0.3) is 5.91 Å². The van der Waals surface area contributed by atoms with Crippen LogP contribution < -0.4 is 5.32 Å². The number of carbonyl (C=O) groups excluding carboxylic acids is 1. The van der Waals surface area contributed by atoms with E-state index in [1.807, 2.05) is 32.0 Å². The van der Waals surface area contributed by atoms with Crippen LogP contribution in [0.25, 0.3) is 0 Å². The third kappa shape index (κ3) is 3.03. The Balaban J connectivity index is 2.22. The van der Waals surface area contributed by atoms with E-state index in [4.69, 9.17) is 5.11 Å². The van der Waals surface area contributed by atoms with Crippen LogP contribution in [0, 0.1) is 13.8 Å². The first-order valence-electron chi connectivity index (χ1n) is 6.09. The van der Waals surface area contributed by atoms with E-state index in [-0.39, 0.29) is 18.1 Å². The van der Waals surface area contributed by atoms with Crippen molar-refractivity contribution in [3.05, 3.63) is 47.3 Å². The molecule has 6 heteroatoms. The van der Waals surface area contributed by atoms with Gasteiger partial charge in [-0.3, -0.25) is 9.59 Å². The minimum Gasteiger partial charge on any atom is -0.480 e. The van der Waals surface area contributed by atoms with E-state index in [2.05, 4.69) is 10.4 Å². The number of anilines is 1. The molecule has 6 nitrogen and oxygen atoms in total. The molecule has 0 fully saturated rings. The number of aromatic nitrogens is 2. The van der Waals surface area contributed by atoms with E-state index in [1.165, 1.54) is 12.3 Å². The highest BCUT2D eigenvalue weighted by Gasteiger charge is 2.14. The zero-order valence-corrected chi connectivity index (χ0v) is 11.3. The molecule has 2 rings (SSSR count). The van der Waals surface area contributed by atoms with Crippen molar-refractivity contribution in [1.82, 2.24) is 9.78 Å². The van der Waals surface area contributed by atoms with Gasteiger partial charge in [-0.25, -0.2) is 4.68 Å². The Bertz CT molecular complexity index is 661. The summed E-state index contributed by atoms with van der Waals surface area (Å²) in [7, 11) is 0. The molecule has 1 aromatic heterocycles. The number of nitrogens with zero attached hydrogens (tertiary/aromatic N) is 2. The van der Waals surface area contributed by atoms with E-state index in [0.29, 0.717) is 5.69 Å². The predicted molar refractivity (Wildman–Crippen MR) is 73.7 cm³/mol. The first-order chi connectivity index (χ1) is 9.47. The number of carboxylic acids is 1. The summed E-state index contributed by atoms with van der Waals surface area (Å²) >= 11 is 0. The second-order valence-electron chi connectivity index (χ2n) is 4.54. The quantitative estimate of drug-likeness (QED) is 0.890. The molecule has 2 N–H and O–H groups in total.